The number of ether oxygens (including phenoxy) is 3. The zero-order chi connectivity index (χ0) is 29.9. The third-order valence-electron chi connectivity index (χ3n) is 7.19. The molecule has 1 aliphatic rings. The third kappa shape index (κ3) is 8.15. The van der Waals surface area contributed by atoms with E-state index in [2.05, 4.69) is 40.1 Å². The number of carbonyl (C=O) groups excluding carboxylic acids is 2. The summed E-state index contributed by atoms with van der Waals surface area (Å²) in [6.45, 7) is 2.06. The van der Waals surface area contributed by atoms with Gasteiger partial charge in [0.25, 0.3) is 0 Å². The minimum absolute atomic E-state index is 0.00987. The molecule has 1 N–H and O–H groups in total. The van der Waals surface area contributed by atoms with Gasteiger partial charge in [0.2, 0.25) is 5.91 Å². The van der Waals surface area contributed by atoms with E-state index < -0.39 is 12.0 Å². The van der Waals surface area contributed by atoms with Gasteiger partial charge in [-0.25, -0.2) is 4.79 Å². The fourth-order valence-corrected chi connectivity index (χ4v) is 5.50. The largest absolute Gasteiger partial charge is 0.497 e. The SMILES string of the molecule is CCOC(=O)C=C(CI)NC1C(=O)N(C(Cc2ccc(OC)cc2)Cc2ccc(OC)cc2)C1C=Cc1ccccc1. The number of esters is 1. The van der Waals surface area contributed by atoms with Gasteiger partial charge in [-0.3, -0.25) is 4.79 Å². The maximum atomic E-state index is 13.9. The Morgan fingerprint density at radius 2 is 1.50 bits per heavy atom. The molecule has 4 rings (SSSR count). The molecule has 3 aromatic carbocycles. The zero-order valence-corrected chi connectivity index (χ0v) is 26.3. The third-order valence-corrected chi connectivity index (χ3v) is 8.01. The second-order valence-corrected chi connectivity index (χ2v) is 10.7. The van der Waals surface area contributed by atoms with Crippen LogP contribution >= 0.6 is 22.6 Å². The number of benzene rings is 3. The summed E-state index contributed by atoms with van der Waals surface area (Å²) in [5.74, 6) is 1.15. The molecule has 0 saturated carbocycles. The summed E-state index contributed by atoms with van der Waals surface area (Å²) in [4.78, 5) is 28.1. The van der Waals surface area contributed by atoms with Gasteiger partial charge in [-0.1, -0.05) is 89.3 Å². The molecule has 2 unspecified atom stereocenters. The van der Waals surface area contributed by atoms with E-state index in [0.29, 0.717) is 29.6 Å². The van der Waals surface area contributed by atoms with Crippen molar-refractivity contribution in [1.29, 1.82) is 0 Å². The summed E-state index contributed by atoms with van der Waals surface area (Å²) in [6.07, 6.45) is 6.91. The van der Waals surface area contributed by atoms with E-state index >= 15 is 0 Å². The van der Waals surface area contributed by atoms with Crippen molar-refractivity contribution in [1.82, 2.24) is 10.2 Å². The van der Waals surface area contributed by atoms with Crippen molar-refractivity contribution in [2.75, 3.05) is 25.3 Å². The molecule has 1 amide bonds. The Balaban J connectivity index is 1.66. The van der Waals surface area contributed by atoms with E-state index in [4.69, 9.17) is 14.2 Å². The first-order valence-corrected chi connectivity index (χ1v) is 15.5. The van der Waals surface area contributed by atoms with Gasteiger partial charge in [-0.2, -0.15) is 0 Å². The Hall–Kier alpha value is -3.79. The van der Waals surface area contributed by atoms with Gasteiger partial charge in [0, 0.05) is 22.2 Å². The van der Waals surface area contributed by atoms with Crippen molar-refractivity contribution in [2.24, 2.45) is 0 Å². The molecule has 0 aliphatic carbocycles. The molecule has 42 heavy (non-hydrogen) atoms. The van der Waals surface area contributed by atoms with Crippen LogP contribution in [0, 0.1) is 0 Å². The van der Waals surface area contributed by atoms with Gasteiger partial charge in [0.15, 0.2) is 0 Å². The molecule has 0 bridgehead atoms. The van der Waals surface area contributed by atoms with Crippen LogP contribution in [0.1, 0.15) is 23.6 Å². The number of β-lactam (4-membered cyclic amide) rings is 1. The lowest BCUT2D eigenvalue weighted by Gasteiger charge is -2.50. The van der Waals surface area contributed by atoms with Gasteiger partial charge < -0.3 is 24.4 Å². The summed E-state index contributed by atoms with van der Waals surface area (Å²) in [5.41, 5.74) is 3.93. The first-order chi connectivity index (χ1) is 20.4. The highest BCUT2D eigenvalue weighted by atomic mass is 127. The monoisotopic (exact) mass is 680 g/mol. The fraction of sp³-hybridized carbons (Fsp3) is 0.294. The number of carbonyl (C=O) groups is 2. The maximum absolute atomic E-state index is 13.9. The van der Waals surface area contributed by atoms with Gasteiger partial charge in [0.05, 0.1) is 26.9 Å². The number of likely N-dealkylation sites (tertiary alicyclic amines) is 1. The summed E-state index contributed by atoms with van der Waals surface area (Å²) in [5, 5.41) is 3.35. The van der Waals surface area contributed by atoms with Crippen LogP contribution < -0.4 is 14.8 Å². The number of hydrogen-bond acceptors (Lipinski definition) is 6. The standard InChI is InChI=1S/C34H37IN2O5/c1-4-42-32(38)22-27(23-35)36-33-31(19-14-24-8-6-5-7-9-24)37(34(33)39)28(20-25-10-15-29(40-2)16-11-25)21-26-12-17-30(41-3)18-13-26/h5-19,22,28,31,33,36H,4,20-21,23H2,1-3H3. The first-order valence-electron chi connectivity index (χ1n) is 14.0. The van der Waals surface area contributed by atoms with E-state index in [0.717, 1.165) is 28.2 Å². The highest BCUT2D eigenvalue weighted by Gasteiger charge is 2.49. The highest BCUT2D eigenvalue weighted by molar-refractivity contribution is 14.1. The molecular weight excluding hydrogens is 643 g/mol. The molecule has 7 nitrogen and oxygen atoms in total. The van der Waals surface area contributed by atoms with E-state index in [9.17, 15) is 9.59 Å². The van der Waals surface area contributed by atoms with Crippen LogP contribution in [-0.4, -0.2) is 60.2 Å². The number of methoxy groups -OCH3 is 2. The van der Waals surface area contributed by atoms with Crippen LogP contribution in [0.5, 0.6) is 11.5 Å². The molecule has 0 aromatic heterocycles. The zero-order valence-electron chi connectivity index (χ0n) is 24.2. The Bertz CT molecular complexity index is 1320. The second-order valence-electron chi connectivity index (χ2n) is 9.94. The molecule has 1 saturated heterocycles. The van der Waals surface area contributed by atoms with Gasteiger partial charge >= 0.3 is 5.97 Å². The first kappa shape index (κ1) is 31.2. The predicted molar refractivity (Wildman–Crippen MR) is 174 cm³/mol. The molecule has 8 heteroatoms. The predicted octanol–water partition coefficient (Wildman–Crippen LogP) is 5.62. The molecular formula is C34H37IN2O5. The van der Waals surface area contributed by atoms with Crippen LogP contribution in [0.2, 0.25) is 0 Å². The van der Waals surface area contributed by atoms with E-state index in [1.165, 1.54) is 6.08 Å². The van der Waals surface area contributed by atoms with Crippen molar-refractivity contribution < 1.29 is 23.8 Å². The van der Waals surface area contributed by atoms with Gasteiger partial charge in [-0.05, 0) is 60.7 Å². The molecule has 1 heterocycles. The minimum atomic E-state index is -0.505. The van der Waals surface area contributed by atoms with Crippen molar-refractivity contribution in [3.05, 3.63) is 113 Å². The lowest BCUT2D eigenvalue weighted by Crippen LogP contribution is -2.72. The number of nitrogens with zero attached hydrogens (tertiary/aromatic N) is 1. The Kier molecular flexibility index (Phi) is 11.5. The summed E-state index contributed by atoms with van der Waals surface area (Å²) in [6, 6.07) is 25.2. The topological polar surface area (TPSA) is 77.1 Å². The average molecular weight is 681 g/mol. The summed E-state index contributed by atoms with van der Waals surface area (Å²) < 4.78 is 16.3. The molecule has 0 spiro atoms. The van der Waals surface area contributed by atoms with Crippen molar-refractivity contribution in [2.45, 2.75) is 37.9 Å². The average Bonchev–Trinajstić information content (AvgIpc) is 3.02. The van der Waals surface area contributed by atoms with Crippen LogP contribution in [-0.2, 0) is 27.2 Å². The number of hydrogen-bond donors (Lipinski definition) is 1. The highest BCUT2D eigenvalue weighted by Crippen LogP contribution is 2.30. The molecule has 220 valence electrons. The number of amides is 1. The number of alkyl halides is 1. The van der Waals surface area contributed by atoms with Crippen molar-refractivity contribution in [3.8, 4) is 11.5 Å². The molecule has 1 fully saturated rings. The number of rotatable bonds is 14. The van der Waals surface area contributed by atoms with Crippen molar-refractivity contribution >= 4 is 40.5 Å². The van der Waals surface area contributed by atoms with E-state index in [1.54, 1.807) is 21.1 Å². The fourth-order valence-electron chi connectivity index (χ4n) is 5.06. The van der Waals surface area contributed by atoms with E-state index in [-0.39, 0.29) is 18.0 Å². The van der Waals surface area contributed by atoms with Crippen LogP contribution in [0.25, 0.3) is 6.08 Å². The van der Waals surface area contributed by atoms with Crippen LogP contribution in [0.15, 0.2) is 96.7 Å². The van der Waals surface area contributed by atoms with Gasteiger partial charge in [0.1, 0.15) is 17.5 Å². The number of halogens is 1. The molecule has 3 aromatic rings. The van der Waals surface area contributed by atoms with Gasteiger partial charge in [-0.15, -0.1) is 0 Å². The minimum Gasteiger partial charge on any atom is -0.497 e. The molecule has 2 atom stereocenters. The Morgan fingerprint density at radius 3 is 2.00 bits per heavy atom. The molecule has 1 aliphatic heterocycles. The second kappa shape index (κ2) is 15.4. The normalized spacial score (nSPS) is 16.8. The van der Waals surface area contributed by atoms with E-state index in [1.807, 2.05) is 83.8 Å². The Morgan fingerprint density at radius 1 is 0.929 bits per heavy atom. The lowest BCUT2D eigenvalue weighted by molar-refractivity contribution is -0.152. The molecule has 0 radical (unpaired) electrons. The number of nitrogens with one attached hydrogen (secondary N) is 1. The Labute approximate surface area is 261 Å². The smallest absolute Gasteiger partial charge is 0.332 e. The van der Waals surface area contributed by atoms with Crippen LogP contribution in [0.3, 0.4) is 0 Å². The summed E-state index contributed by atoms with van der Waals surface area (Å²) in [7, 11) is 3.30. The summed E-state index contributed by atoms with van der Waals surface area (Å²) >= 11 is 2.19. The maximum Gasteiger partial charge on any atom is 0.332 e. The van der Waals surface area contributed by atoms with Crippen molar-refractivity contribution in [3.63, 3.8) is 0 Å². The number of allylic oxidation sites excluding steroid dienone is 1. The van der Waals surface area contributed by atoms with Crippen LogP contribution in [0.4, 0.5) is 0 Å². The lowest BCUT2D eigenvalue weighted by atomic mass is 9.86. The quantitative estimate of drug-likeness (QED) is 0.0784.